The van der Waals surface area contributed by atoms with E-state index in [0.717, 1.165) is 40.9 Å². The first-order valence-electron chi connectivity index (χ1n) is 8.55. The first-order valence-corrected chi connectivity index (χ1v) is 8.55. The van der Waals surface area contributed by atoms with Gasteiger partial charge in [-0.25, -0.2) is 0 Å². The van der Waals surface area contributed by atoms with Gasteiger partial charge in [-0.15, -0.1) is 5.10 Å². The highest BCUT2D eigenvalue weighted by molar-refractivity contribution is 6.07. The van der Waals surface area contributed by atoms with Crippen LogP contribution in [-0.4, -0.2) is 47.2 Å². The fourth-order valence-corrected chi connectivity index (χ4v) is 3.28. The number of hydrogen-bond acceptors (Lipinski definition) is 4. The Labute approximate surface area is 146 Å². The molecule has 0 N–H and O–H groups in total. The third-order valence-electron chi connectivity index (χ3n) is 4.69. The summed E-state index contributed by atoms with van der Waals surface area (Å²) < 4.78 is 0. The van der Waals surface area contributed by atoms with E-state index in [1.165, 1.54) is 0 Å². The van der Waals surface area contributed by atoms with Crippen molar-refractivity contribution in [2.24, 2.45) is 0 Å². The Morgan fingerprint density at radius 3 is 2.40 bits per heavy atom. The van der Waals surface area contributed by atoms with Crippen LogP contribution in [0.25, 0.3) is 10.8 Å². The summed E-state index contributed by atoms with van der Waals surface area (Å²) >= 11 is 0. The molecule has 1 aromatic heterocycles. The normalized spacial score (nSPS) is 14.8. The number of amides is 1. The minimum atomic E-state index is 0.103. The molecule has 5 nitrogen and oxygen atoms in total. The molecule has 2 aromatic carbocycles. The first kappa shape index (κ1) is 15.6. The van der Waals surface area contributed by atoms with Crippen LogP contribution in [0.2, 0.25) is 0 Å². The van der Waals surface area contributed by atoms with Crippen molar-refractivity contribution >= 4 is 22.5 Å². The van der Waals surface area contributed by atoms with Gasteiger partial charge in [0.1, 0.15) is 0 Å². The highest BCUT2D eigenvalue weighted by Crippen LogP contribution is 2.21. The van der Waals surface area contributed by atoms with Gasteiger partial charge in [-0.3, -0.25) is 4.79 Å². The molecule has 0 radical (unpaired) electrons. The average molecular weight is 332 g/mol. The summed E-state index contributed by atoms with van der Waals surface area (Å²) in [5.41, 5.74) is 1.69. The van der Waals surface area contributed by atoms with Crippen molar-refractivity contribution in [1.29, 1.82) is 0 Å². The lowest BCUT2D eigenvalue weighted by molar-refractivity contribution is 0.0748. The maximum absolute atomic E-state index is 13.0. The third-order valence-corrected chi connectivity index (χ3v) is 4.69. The maximum Gasteiger partial charge on any atom is 0.254 e. The van der Waals surface area contributed by atoms with Crippen LogP contribution in [0.1, 0.15) is 16.1 Å². The third kappa shape index (κ3) is 3.05. The molecule has 3 aromatic rings. The molecule has 2 heterocycles. The minimum absolute atomic E-state index is 0.103. The van der Waals surface area contributed by atoms with E-state index in [0.29, 0.717) is 13.1 Å². The maximum atomic E-state index is 13.0. The molecule has 0 aliphatic carbocycles. The fraction of sp³-hybridized carbons (Fsp3) is 0.250. The number of rotatable bonds is 2. The molecule has 0 saturated carbocycles. The van der Waals surface area contributed by atoms with Crippen molar-refractivity contribution in [3.8, 4) is 0 Å². The van der Waals surface area contributed by atoms with Crippen molar-refractivity contribution in [2.75, 3.05) is 31.1 Å². The van der Waals surface area contributed by atoms with E-state index in [-0.39, 0.29) is 5.91 Å². The number of aryl methyl sites for hydroxylation is 1. The van der Waals surface area contributed by atoms with Crippen molar-refractivity contribution in [1.82, 2.24) is 15.1 Å². The monoisotopic (exact) mass is 332 g/mol. The topological polar surface area (TPSA) is 49.3 Å². The molecular weight excluding hydrogens is 312 g/mol. The number of benzene rings is 2. The molecule has 1 amide bonds. The van der Waals surface area contributed by atoms with Gasteiger partial charge in [-0.1, -0.05) is 36.4 Å². The largest absolute Gasteiger partial charge is 0.352 e. The second-order valence-corrected chi connectivity index (χ2v) is 6.34. The van der Waals surface area contributed by atoms with E-state index in [2.05, 4.69) is 15.1 Å². The number of carbonyl (C=O) groups excluding carboxylic acids is 1. The summed E-state index contributed by atoms with van der Waals surface area (Å²) in [6.07, 6.45) is 0. The molecule has 4 rings (SSSR count). The predicted octanol–water partition coefficient (Wildman–Crippen LogP) is 2.90. The summed E-state index contributed by atoms with van der Waals surface area (Å²) in [5.74, 6) is 0.981. The molecule has 1 saturated heterocycles. The average Bonchev–Trinajstić information content (AvgIpc) is 2.68. The molecule has 1 aliphatic rings. The van der Waals surface area contributed by atoms with Gasteiger partial charge in [0.05, 0.1) is 5.69 Å². The van der Waals surface area contributed by atoms with Crippen molar-refractivity contribution in [3.05, 3.63) is 65.9 Å². The van der Waals surface area contributed by atoms with Crippen LogP contribution in [0.3, 0.4) is 0 Å². The number of carbonyl (C=O) groups is 1. The lowest BCUT2D eigenvalue weighted by Gasteiger charge is -2.35. The fourth-order valence-electron chi connectivity index (χ4n) is 3.28. The SMILES string of the molecule is Cc1ccc(N2CCN(C(=O)c3cccc4ccccc34)CC2)nn1. The summed E-state index contributed by atoms with van der Waals surface area (Å²) in [6.45, 7) is 4.86. The molecule has 0 spiro atoms. The van der Waals surface area contributed by atoms with Gasteiger partial charge in [0.25, 0.3) is 5.91 Å². The van der Waals surface area contributed by atoms with Gasteiger partial charge >= 0.3 is 0 Å². The molecule has 1 fully saturated rings. The first-order chi connectivity index (χ1) is 12.2. The molecule has 0 unspecified atom stereocenters. The van der Waals surface area contributed by atoms with Gasteiger partial charge in [0.15, 0.2) is 5.82 Å². The number of anilines is 1. The highest BCUT2D eigenvalue weighted by atomic mass is 16.2. The molecule has 0 bridgehead atoms. The Kier molecular flexibility index (Phi) is 4.06. The van der Waals surface area contributed by atoms with Crippen LogP contribution in [0.15, 0.2) is 54.6 Å². The molecule has 1 aliphatic heterocycles. The van der Waals surface area contributed by atoms with Crippen molar-refractivity contribution in [2.45, 2.75) is 6.92 Å². The van der Waals surface area contributed by atoms with Crippen LogP contribution in [0, 0.1) is 6.92 Å². The van der Waals surface area contributed by atoms with Crippen molar-refractivity contribution < 1.29 is 4.79 Å². The van der Waals surface area contributed by atoms with Crippen LogP contribution < -0.4 is 4.90 Å². The Morgan fingerprint density at radius 1 is 0.880 bits per heavy atom. The summed E-state index contributed by atoms with van der Waals surface area (Å²) in [6, 6.07) is 17.9. The second kappa shape index (κ2) is 6.51. The van der Waals surface area contributed by atoms with Gasteiger partial charge in [0.2, 0.25) is 0 Å². The number of aromatic nitrogens is 2. The van der Waals surface area contributed by atoms with E-state index >= 15 is 0 Å². The van der Waals surface area contributed by atoms with E-state index in [1.807, 2.05) is 66.4 Å². The molecule has 126 valence electrons. The number of fused-ring (bicyclic) bond motifs is 1. The Morgan fingerprint density at radius 2 is 1.64 bits per heavy atom. The van der Waals surface area contributed by atoms with E-state index < -0.39 is 0 Å². The van der Waals surface area contributed by atoms with Gasteiger partial charge in [-0.05, 0) is 35.9 Å². The second-order valence-electron chi connectivity index (χ2n) is 6.34. The van der Waals surface area contributed by atoms with Crippen LogP contribution >= 0.6 is 0 Å². The van der Waals surface area contributed by atoms with E-state index in [9.17, 15) is 4.79 Å². The van der Waals surface area contributed by atoms with E-state index in [1.54, 1.807) is 0 Å². The summed E-state index contributed by atoms with van der Waals surface area (Å²) in [4.78, 5) is 17.1. The zero-order chi connectivity index (χ0) is 17.2. The summed E-state index contributed by atoms with van der Waals surface area (Å²) in [7, 11) is 0. The number of nitrogens with zero attached hydrogens (tertiary/aromatic N) is 4. The standard InChI is InChI=1S/C20H20N4O/c1-15-9-10-19(22-21-15)23-11-13-24(14-12-23)20(25)18-8-4-6-16-5-2-3-7-17(16)18/h2-10H,11-14H2,1H3. The zero-order valence-corrected chi connectivity index (χ0v) is 14.2. The van der Waals surface area contributed by atoms with Crippen LogP contribution in [0.4, 0.5) is 5.82 Å². The lowest BCUT2D eigenvalue weighted by atomic mass is 10.0. The number of piperazine rings is 1. The molecule has 25 heavy (non-hydrogen) atoms. The Balaban J connectivity index is 1.50. The quantitative estimate of drug-likeness (QED) is 0.724. The lowest BCUT2D eigenvalue weighted by Crippen LogP contribution is -2.49. The van der Waals surface area contributed by atoms with Crippen LogP contribution in [0.5, 0.6) is 0 Å². The van der Waals surface area contributed by atoms with Crippen LogP contribution in [-0.2, 0) is 0 Å². The van der Waals surface area contributed by atoms with Crippen molar-refractivity contribution in [3.63, 3.8) is 0 Å². The minimum Gasteiger partial charge on any atom is -0.352 e. The zero-order valence-electron chi connectivity index (χ0n) is 14.2. The smallest absolute Gasteiger partial charge is 0.254 e. The number of hydrogen-bond donors (Lipinski definition) is 0. The predicted molar refractivity (Wildman–Crippen MR) is 98.8 cm³/mol. The Bertz CT molecular complexity index is 894. The van der Waals surface area contributed by atoms with Gasteiger partial charge in [-0.2, -0.15) is 5.10 Å². The van der Waals surface area contributed by atoms with Gasteiger partial charge < -0.3 is 9.80 Å². The van der Waals surface area contributed by atoms with Gasteiger partial charge in [0, 0.05) is 31.7 Å². The highest BCUT2D eigenvalue weighted by Gasteiger charge is 2.24. The van der Waals surface area contributed by atoms with E-state index in [4.69, 9.17) is 0 Å². The molecular formula is C20H20N4O. The Hall–Kier alpha value is -2.95. The summed E-state index contributed by atoms with van der Waals surface area (Å²) in [5, 5.41) is 10.5. The molecule has 5 heteroatoms. The molecule has 0 atom stereocenters.